The summed E-state index contributed by atoms with van der Waals surface area (Å²) in [6.07, 6.45) is 7.78. The Bertz CT molecular complexity index is 226. The summed E-state index contributed by atoms with van der Waals surface area (Å²) in [7, 11) is 0. The zero-order valence-corrected chi connectivity index (χ0v) is 9.28. The highest BCUT2D eigenvalue weighted by molar-refractivity contribution is 5.72. The van der Waals surface area contributed by atoms with E-state index in [1.165, 1.54) is 19.3 Å². The molecule has 3 heteroatoms. The van der Waals surface area contributed by atoms with E-state index in [0.29, 0.717) is 6.61 Å². The molecule has 0 aliphatic heterocycles. The third-order valence-corrected chi connectivity index (χ3v) is 3.80. The number of esters is 1. The van der Waals surface area contributed by atoms with E-state index in [1.807, 2.05) is 0 Å². The van der Waals surface area contributed by atoms with Crippen LogP contribution in [0, 0.1) is 11.8 Å². The predicted molar refractivity (Wildman–Crippen MR) is 58.2 cm³/mol. The van der Waals surface area contributed by atoms with Gasteiger partial charge in [-0.05, 0) is 31.6 Å². The predicted octanol–water partition coefficient (Wildman–Crippen LogP) is 1.85. The van der Waals surface area contributed by atoms with Gasteiger partial charge < -0.3 is 10.5 Å². The Hall–Kier alpha value is -0.570. The van der Waals surface area contributed by atoms with Crippen molar-refractivity contribution in [2.45, 2.75) is 51.0 Å². The Kier molecular flexibility index (Phi) is 3.62. The molecule has 0 saturated heterocycles. The first-order valence-electron chi connectivity index (χ1n) is 6.18. The molecule has 15 heavy (non-hydrogen) atoms. The van der Waals surface area contributed by atoms with Crippen molar-refractivity contribution in [1.29, 1.82) is 0 Å². The second-order valence-electron chi connectivity index (χ2n) is 5.02. The molecule has 3 nitrogen and oxygen atoms in total. The SMILES string of the molecule is N[C@H]1CC[C@@H](C(=O)OCCC2CCC2)C1. The van der Waals surface area contributed by atoms with Crippen molar-refractivity contribution in [2.24, 2.45) is 17.6 Å². The molecule has 2 aliphatic rings. The maximum atomic E-state index is 11.6. The largest absolute Gasteiger partial charge is 0.465 e. The number of carbonyl (C=O) groups excluding carboxylic acids is 1. The summed E-state index contributed by atoms with van der Waals surface area (Å²) in [5.74, 6) is 0.896. The molecule has 0 aromatic heterocycles. The number of hydrogen-bond acceptors (Lipinski definition) is 3. The van der Waals surface area contributed by atoms with Crippen LogP contribution in [0.3, 0.4) is 0 Å². The minimum absolute atomic E-state index is 0.0118. The summed E-state index contributed by atoms with van der Waals surface area (Å²) in [6, 6.07) is 0.217. The Morgan fingerprint density at radius 3 is 2.60 bits per heavy atom. The van der Waals surface area contributed by atoms with Crippen LogP contribution in [0.5, 0.6) is 0 Å². The van der Waals surface area contributed by atoms with Crippen molar-refractivity contribution < 1.29 is 9.53 Å². The molecule has 2 N–H and O–H groups in total. The quantitative estimate of drug-likeness (QED) is 0.722. The molecule has 86 valence electrons. The summed E-state index contributed by atoms with van der Waals surface area (Å²) in [5.41, 5.74) is 5.76. The molecule has 2 aliphatic carbocycles. The smallest absolute Gasteiger partial charge is 0.308 e. The first kappa shape index (κ1) is 10.9. The zero-order chi connectivity index (χ0) is 10.7. The maximum Gasteiger partial charge on any atom is 0.308 e. The Morgan fingerprint density at radius 1 is 1.27 bits per heavy atom. The van der Waals surface area contributed by atoms with Crippen LogP contribution in [0.25, 0.3) is 0 Å². The van der Waals surface area contributed by atoms with Crippen LogP contribution in [0.2, 0.25) is 0 Å². The zero-order valence-electron chi connectivity index (χ0n) is 9.28. The highest BCUT2D eigenvalue weighted by Gasteiger charge is 2.29. The van der Waals surface area contributed by atoms with Gasteiger partial charge in [0.25, 0.3) is 0 Å². The van der Waals surface area contributed by atoms with Gasteiger partial charge in [0.2, 0.25) is 0 Å². The fourth-order valence-corrected chi connectivity index (χ4v) is 2.46. The standard InChI is InChI=1S/C12H21NO2/c13-11-5-4-10(8-11)12(14)15-7-6-9-2-1-3-9/h9-11H,1-8,13H2/t10-,11+/m1/s1. The molecule has 0 bridgehead atoms. The second-order valence-corrected chi connectivity index (χ2v) is 5.02. The number of rotatable bonds is 4. The van der Waals surface area contributed by atoms with Crippen molar-refractivity contribution in [2.75, 3.05) is 6.61 Å². The van der Waals surface area contributed by atoms with E-state index < -0.39 is 0 Å². The van der Waals surface area contributed by atoms with E-state index in [-0.39, 0.29) is 17.9 Å². The van der Waals surface area contributed by atoms with E-state index in [1.54, 1.807) is 0 Å². The highest BCUT2D eigenvalue weighted by atomic mass is 16.5. The fourth-order valence-electron chi connectivity index (χ4n) is 2.46. The van der Waals surface area contributed by atoms with Gasteiger partial charge in [0.05, 0.1) is 12.5 Å². The van der Waals surface area contributed by atoms with E-state index in [4.69, 9.17) is 10.5 Å². The van der Waals surface area contributed by atoms with Crippen molar-refractivity contribution >= 4 is 5.97 Å². The van der Waals surface area contributed by atoms with Crippen LogP contribution in [0.4, 0.5) is 0 Å². The van der Waals surface area contributed by atoms with Crippen LogP contribution in [-0.4, -0.2) is 18.6 Å². The third-order valence-electron chi connectivity index (χ3n) is 3.80. The summed E-state index contributed by atoms with van der Waals surface area (Å²) in [5, 5.41) is 0. The summed E-state index contributed by atoms with van der Waals surface area (Å²) >= 11 is 0. The van der Waals surface area contributed by atoms with Gasteiger partial charge in [-0.1, -0.05) is 19.3 Å². The lowest BCUT2D eigenvalue weighted by Crippen LogP contribution is -2.21. The molecule has 0 radical (unpaired) electrons. The van der Waals surface area contributed by atoms with Gasteiger partial charge in [0.1, 0.15) is 0 Å². The summed E-state index contributed by atoms with van der Waals surface area (Å²) in [4.78, 5) is 11.6. The molecule has 0 aromatic rings. The molecular weight excluding hydrogens is 190 g/mol. The summed E-state index contributed by atoms with van der Waals surface area (Å²) < 4.78 is 5.29. The number of carbonyl (C=O) groups is 1. The number of hydrogen-bond donors (Lipinski definition) is 1. The maximum absolute atomic E-state index is 11.6. The van der Waals surface area contributed by atoms with Gasteiger partial charge in [-0.25, -0.2) is 0 Å². The molecule has 2 atom stereocenters. The molecular formula is C12H21NO2. The third kappa shape index (κ3) is 2.94. The Balaban J connectivity index is 1.59. The Labute approximate surface area is 91.4 Å². The Morgan fingerprint density at radius 2 is 2.07 bits per heavy atom. The van der Waals surface area contributed by atoms with Gasteiger partial charge in [0, 0.05) is 6.04 Å². The van der Waals surface area contributed by atoms with Gasteiger partial charge >= 0.3 is 5.97 Å². The van der Waals surface area contributed by atoms with Crippen molar-refractivity contribution in [3.8, 4) is 0 Å². The van der Waals surface area contributed by atoms with Crippen molar-refractivity contribution in [3.05, 3.63) is 0 Å². The van der Waals surface area contributed by atoms with Gasteiger partial charge in [-0.2, -0.15) is 0 Å². The van der Waals surface area contributed by atoms with Gasteiger partial charge in [-0.15, -0.1) is 0 Å². The molecule has 2 rings (SSSR count). The summed E-state index contributed by atoms with van der Waals surface area (Å²) in [6.45, 7) is 0.620. The number of nitrogens with two attached hydrogens (primary N) is 1. The van der Waals surface area contributed by atoms with E-state index in [9.17, 15) is 4.79 Å². The van der Waals surface area contributed by atoms with Crippen LogP contribution in [-0.2, 0) is 9.53 Å². The van der Waals surface area contributed by atoms with Gasteiger partial charge in [0.15, 0.2) is 0 Å². The van der Waals surface area contributed by atoms with Crippen LogP contribution < -0.4 is 5.73 Å². The monoisotopic (exact) mass is 211 g/mol. The molecule has 2 fully saturated rings. The molecule has 0 heterocycles. The van der Waals surface area contributed by atoms with E-state index in [2.05, 4.69) is 0 Å². The molecule has 0 spiro atoms. The lowest BCUT2D eigenvalue weighted by atomic mass is 9.83. The van der Waals surface area contributed by atoms with Crippen LogP contribution >= 0.6 is 0 Å². The normalized spacial score (nSPS) is 31.3. The van der Waals surface area contributed by atoms with Crippen LogP contribution in [0.1, 0.15) is 44.9 Å². The van der Waals surface area contributed by atoms with Crippen LogP contribution in [0.15, 0.2) is 0 Å². The minimum atomic E-state index is -0.0118. The molecule has 0 unspecified atom stereocenters. The lowest BCUT2D eigenvalue weighted by molar-refractivity contribution is -0.148. The number of ether oxygens (including phenoxy) is 1. The topological polar surface area (TPSA) is 52.3 Å². The average Bonchev–Trinajstić information content (AvgIpc) is 2.56. The average molecular weight is 211 g/mol. The first-order chi connectivity index (χ1) is 7.25. The van der Waals surface area contributed by atoms with Crippen molar-refractivity contribution in [3.63, 3.8) is 0 Å². The van der Waals surface area contributed by atoms with Gasteiger partial charge in [-0.3, -0.25) is 4.79 Å². The fraction of sp³-hybridized carbons (Fsp3) is 0.917. The first-order valence-corrected chi connectivity index (χ1v) is 6.18. The second kappa shape index (κ2) is 4.97. The van der Waals surface area contributed by atoms with E-state index >= 15 is 0 Å². The lowest BCUT2D eigenvalue weighted by Gasteiger charge is -2.25. The highest BCUT2D eigenvalue weighted by Crippen LogP contribution is 2.30. The molecule has 2 saturated carbocycles. The van der Waals surface area contributed by atoms with E-state index in [0.717, 1.165) is 31.6 Å². The molecule has 0 amide bonds. The van der Waals surface area contributed by atoms with Crippen molar-refractivity contribution in [1.82, 2.24) is 0 Å². The minimum Gasteiger partial charge on any atom is -0.465 e. The molecule has 0 aromatic carbocycles.